The van der Waals surface area contributed by atoms with E-state index in [1.54, 1.807) is 6.07 Å². The average Bonchev–Trinajstić information content (AvgIpc) is 3.02. The van der Waals surface area contributed by atoms with Crippen LogP contribution in [0.2, 0.25) is 0 Å². The van der Waals surface area contributed by atoms with Crippen molar-refractivity contribution in [3.63, 3.8) is 0 Å². The fourth-order valence-electron chi connectivity index (χ4n) is 2.10. The number of amides is 1. The molecule has 0 spiro atoms. The van der Waals surface area contributed by atoms with Gasteiger partial charge in [0.25, 0.3) is 5.91 Å². The molecule has 0 unspecified atom stereocenters. The van der Waals surface area contributed by atoms with E-state index in [0.717, 1.165) is 0 Å². The zero-order chi connectivity index (χ0) is 17.5. The van der Waals surface area contributed by atoms with E-state index >= 15 is 0 Å². The Bertz CT molecular complexity index is 695. The number of benzene rings is 1. The highest BCUT2D eigenvalue weighted by Crippen LogP contribution is 2.16. The van der Waals surface area contributed by atoms with Gasteiger partial charge in [-0.3, -0.25) is 9.59 Å². The van der Waals surface area contributed by atoms with Crippen molar-refractivity contribution >= 4 is 11.9 Å². The molecule has 1 aromatic carbocycles. The predicted octanol–water partition coefficient (Wildman–Crippen LogP) is 2.93. The number of hydrogen-bond donors (Lipinski definition) is 1. The van der Waals surface area contributed by atoms with E-state index in [-0.39, 0.29) is 24.7 Å². The molecule has 0 saturated carbocycles. The van der Waals surface area contributed by atoms with E-state index in [0.29, 0.717) is 24.5 Å². The minimum atomic E-state index is -1.08. The summed E-state index contributed by atoms with van der Waals surface area (Å²) in [5.41, 5.74) is 0. The first kappa shape index (κ1) is 17.5. The normalized spacial score (nSPS) is 10.4. The van der Waals surface area contributed by atoms with Crippen LogP contribution in [-0.2, 0) is 11.4 Å². The molecule has 2 rings (SSSR count). The van der Waals surface area contributed by atoms with Gasteiger partial charge in [-0.1, -0.05) is 6.92 Å². The van der Waals surface area contributed by atoms with Crippen LogP contribution in [-0.4, -0.2) is 35.0 Å². The van der Waals surface area contributed by atoms with Crippen LogP contribution in [0.3, 0.4) is 0 Å². The Labute approximate surface area is 138 Å². The van der Waals surface area contributed by atoms with Crippen molar-refractivity contribution in [3.05, 3.63) is 53.7 Å². The molecule has 1 amide bonds. The molecule has 0 aliphatic carbocycles. The van der Waals surface area contributed by atoms with Crippen LogP contribution in [0.25, 0.3) is 0 Å². The lowest BCUT2D eigenvalue weighted by molar-refractivity contribution is -0.137. The molecule has 0 atom stereocenters. The fraction of sp³-hybridized carbons (Fsp3) is 0.294. The fourth-order valence-corrected chi connectivity index (χ4v) is 2.10. The number of furan rings is 1. The first-order valence-electron chi connectivity index (χ1n) is 7.47. The van der Waals surface area contributed by atoms with Gasteiger partial charge in [-0.15, -0.1) is 0 Å². The molecule has 2 aromatic rings. The lowest BCUT2D eigenvalue weighted by atomic mass is 10.3. The minimum Gasteiger partial charge on any atom is -0.486 e. The lowest BCUT2D eigenvalue weighted by Gasteiger charge is -2.18. The highest BCUT2D eigenvalue weighted by molar-refractivity contribution is 5.93. The Morgan fingerprint density at radius 1 is 1.21 bits per heavy atom. The zero-order valence-electron chi connectivity index (χ0n) is 13.2. The van der Waals surface area contributed by atoms with Crippen molar-refractivity contribution in [2.75, 3.05) is 13.1 Å². The number of carboxylic acids is 1. The number of carbonyl (C=O) groups excluding carboxylic acids is 1. The average molecular weight is 335 g/mol. The minimum absolute atomic E-state index is 0.0578. The maximum atomic E-state index is 12.8. The molecule has 6 nitrogen and oxygen atoms in total. The number of halogens is 1. The van der Waals surface area contributed by atoms with Crippen LogP contribution in [0.5, 0.6) is 5.75 Å². The summed E-state index contributed by atoms with van der Waals surface area (Å²) in [4.78, 5) is 24.3. The molecule has 0 radical (unpaired) electrons. The molecular formula is C17H18FNO5. The first-order valence-corrected chi connectivity index (χ1v) is 7.47. The molecule has 128 valence electrons. The third-order valence-electron chi connectivity index (χ3n) is 3.17. The van der Waals surface area contributed by atoms with Crippen LogP contribution in [0.15, 0.2) is 40.8 Å². The van der Waals surface area contributed by atoms with Crippen LogP contribution < -0.4 is 4.74 Å². The molecule has 1 N–H and O–H groups in total. The highest BCUT2D eigenvalue weighted by Gasteiger charge is 2.21. The SMILES string of the molecule is CCCN(CC(=O)O)C(=O)c1ccc(COc2ccc(F)cc2)o1. The van der Waals surface area contributed by atoms with Gasteiger partial charge in [0.05, 0.1) is 0 Å². The molecule has 0 saturated heterocycles. The van der Waals surface area contributed by atoms with Crippen LogP contribution >= 0.6 is 0 Å². The molecule has 7 heteroatoms. The summed E-state index contributed by atoms with van der Waals surface area (Å²) in [7, 11) is 0. The smallest absolute Gasteiger partial charge is 0.323 e. The second-order valence-corrected chi connectivity index (χ2v) is 5.13. The molecule has 0 aliphatic heterocycles. The molecular weight excluding hydrogens is 317 g/mol. The summed E-state index contributed by atoms with van der Waals surface area (Å²) in [6.07, 6.45) is 0.639. The standard InChI is InChI=1S/C17H18FNO5/c1-2-9-19(10-16(20)21)17(22)15-8-7-14(24-15)11-23-13-5-3-12(18)4-6-13/h3-8H,2,9-11H2,1H3,(H,20,21). The second kappa shape index (κ2) is 8.14. The zero-order valence-corrected chi connectivity index (χ0v) is 13.2. The van der Waals surface area contributed by atoms with E-state index in [2.05, 4.69) is 0 Å². The van der Waals surface area contributed by atoms with Crippen LogP contribution in [0, 0.1) is 5.82 Å². The summed E-state index contributed by atoms with van der Waals surface area (Å²) in [6.45, 7) is 1.87. The van der Waals surface area contributed by atoms with Crippen molar-refractivity contribution in [2.24, 2.45) is 0 Å². The van der Waals surface area contributed by atoms with Gasteiger partial charge in [0.15, 0.2) is 5.76 Å². The quantitative estimate of drug-likeness (QED) is 0.802. The highest BCUT2D eigenvalue weighted by atomic mass is 19.1. The Morgan fingerprint density at radius 3 is 2.54 bits per heavy atom. The Hall–Kier alpha value is -2.83. The number of ether oxygens (including phenoxy) is 1. The van der Waals surface area contributed by atoms with Crippen molar-refractivity contribution in [2.45, 2.75) is 20.0 Å². The van der Waals surface area contributed by atoms with Crippen molar-refractivity contribution < 1.29 is 28.2 Å². The predicted molar refractivity (Wildman–Crippen MR) is 83.3 cm³/mol. The molecule has 0 bridgehead atoms. The van der Waals surface area contributed by atoms with Gasteiger partial charge in [0.1, 0.15) is 30.5 Å². The van der Waals surface area contributed by atoms with Crippen molar-refractivity contribution in [1.29, 1.82) is 0 Å². The van der Waals surface area contributed by atoms with E-state index < -0.39 is 11.9 Å². The summed E-state index contributed by atoms with van der Waals surface area (Å²) in [5, 5.41) is 8.87. The molecule has 24 heavy (non-hydrogen) atoms. The third-order valence-corrected chi connectivity index (χ3v) is 3.17. The van der Waals surface area contributed by atoms with E-state index in [4.69, 9.17) is 14.3 Å². The van der Waals surface area contributed by atoms with Crippen molar-refractivity contribution in [3.8, 4) is 5.75 Å². The van der Waals surface area contributed by atoms with Gasteiger partial charge in [0, 0.05) is 6.54 Å². The molecule has 0 fully saturated rings. The number of carbonyl (C=O) groups is 2. The summed E-state index contributed by atoms with van der Waals surface area (Å²) in [6, 6.07) is 8.60. The molecule has 1 heterocycles. The van der Waals surface area contributed by atoms with E-state index in [1.807, 2.05) is 6.92 Å². The Balaban J connectivity index is 1.99. The summed E-state index contributed by atoms with van der Waals surface area (Å²) >= 11 is 0. The van der Waals surface area contributed by atoms with E-state index in [9.17, 15) is 14.0 Å². The lowest BCUT2D eigenvalue weighted by Crippen LogP contribution is -2.36. The van der Waals surface area contributed by atoms with Crippen LogP contribution in [0.4, 0.5) is 4.39 Å². The maximum absolute atomic E-state index is 12.8. The largest absolute Gasteiger partial charge is 0.486 e. The van der Waals surface area contributed by atoms with E-state index in [1.165, 1.54) is 35.2 Å². The summed E-state index contributed by atoms with van der Waals surface area (Å²) < 4.78 is 23.7. The summed E-state index contributed by atoms with van der Waals surface area (Å²) in [5.74, 6) is -0.978. The topological polar surface area (TPSA) is 80.0 Å². The first-order chi connectivity index (χ1) is 11.5. The van der Waals surface area contributed by atoms with Gasteiger partial charge in [-0.2, -0.15) is 0 Å². The maximum Gasteiger partial charge on any atom is 0.323 e. The molecule has 0 aliphatic rings. The van der Waals surface area contributed by atoms with Gasteiger partial charge in [-0.05, 0) is 42.8 Å². The Kier molecular flexibility index (Phi) is 5.95. The Morgan fingerprint density at radius 2 is 1.92 bits per heavy atom. The monoisotopic (exact) mass is 335 g/mol. The molecule has 1 aromatic heterocycles. The number of nitrogens with zero attached hydrogens (tertiary/aromatic N) is 1. The van der Waals surface area contributed by atoms with Crippen LogP contribution in [0.1, 0.15) is 29.7 Å². The number of rotatable bonds is 8. The number of hydrogen-bond acceptors (Lipinski definition) is 4. The van der Waals surface area contributed by atoms with Gasteiger partial charge in [0.2, 0.25) is 0 Å². The van der Waals surface area contributed by atoms with Gasteiger partial charge >= 0.3 is 5.97 Å². The van der Waals surface area contributed by atoms with Gasteiger partial charge in [-0.25, -0.2) is 4.39 Å². The van der Waals surface area contributed by atoms with Crippen molar-refractivity contribution in [1.82, 2.24) is 4.90 Å². The third kappa shape index (κ3) is 4.84. The number of aliphatic carboxylic acids is 1. The number of carboxylic acid groups (broad SMARTS) is 1. The van der Waals surface area contributed by atoms with Gasteiger partial charge < -0.3 is 19.2 Å². The second-order valence-electron chi connectivity index (χ2n) is 5.13.